The first-order valence-corrected chi connectivity index (χ1v) is 8.24. The first-order valence-electron chi connectivity index (χ1n) is 7.42. The Balaban J connectivity index is 1.60. The minimum absolute atomic E-state index is 0.196. The molecule has 124 valence electrons. The predicted molar refractivity (Wildman–Crippen MR) is 91.3 cm³/mol. The lowest BCUT2D eigenvalue weighted by molar-refractivity contribution is 0.0949. The molecule has 2 aromatic heterocycles. The third-order valence-electron chi connectivity index (χ3n) is 3.38. The van der Waals surface area contributed by atoms with Crippen molar-refractivity contribution in [2.75, 3.05) is 13.7 Å². The molecular weight excluding hydrogens is 326 g/mol. The third kappa shape index (κ3) is 3.77. The average molecular weight is 343 g/mol. The van der Waals surface area contributed by atoms with Crippen LogP contribution in [-0.2, 0) is 6.42 Å². The number of carbonyl (C=O) groups is 1. The molecular formula is C16H17N5O2S. The Hall–Kier alpha value is -2.74. The van der Waals surface area contributed by atoms with E-state index in [2.05, 4.69) is 25.7 Å². The Labute approximate surface area is 143 Å². The van der Waals surface area contributed by atoms with E-state index in [1.165, 1.54) is 11.3 Å². The van der Waals surface area contributed by atoms with E-state index in [4.69, 9.17) is 4.74 Å². The highest BCUT2D eigenvalue weighted by Crippen LogP contribution is 2.22. The van der Waals surface area contributed by atoms with Crippen molar-refractivity contribution in [3.8, 4) is 17.0 Å². The number of aromatic amines is 1. The maximum Gasteiger partial charge on any atom is 0.269 e. The second kappa shape index (κ2) is 7.22. The van der Waals surface area contributed by atoms with Crippen molar-refractivity contribution >= 4 is 17.2 Å². The van der Waals surface area contributed by atoms with Crippen molar-refractivity contribution in [3.63, 3.8) is 0 Å². The second-order valence-corrected chi connectivity index (χ2v) is 6.39. The summed E-state index contributed by atoms with van der Waals surface area (Å²) in [6.07, 6.45) is 0.661. The zero-order valence-corrected chi connectivity index (χ0v) is 14.2. The number of nitrogens with zero attached hydrogens (tertiary/aromatic N) is 3. The molecule has 3 rings (SSSR count). The van der Waals surface area contributed by atoms with E-state index >= 15 is 0 Å². The monoisotopic (exact) mass is 343 g/mol. The van der Waals surface area contributed by atoms with Crippen LogP contribution >= 0.6 is 11.3 Å². The molecule has 0 saturated heterocycles. The molecule has 2 N–H and O–H groups in total. The van der Waals surface area contributed by atoms with Gasteiger partial charge in [0, 0.05) is 18.5 Å². The van der Waals surface area contributed by atoms with Crippen LogP contribution < -0.4 is 10.1 Å². The lowest BCUT2D eigenvalue weighted by atomic mass is 10.1. The van der Waals surface area contributed by atoms with Gasteiger partial charge in [0.15, 0.2) is 0 Å². The highest BCUT2D eigenvalue weighted by Gasteiger charge is 2.11. The zero-order chi connectivity index (χ0) is 16.9. The minimum atomic E-state index is -0.196. The zero-order valence-electron chi connectivity index (χ0n) is 13.4. The topological polar surface area (TPSA) is 92.8 Å². The molecule has 0 atom stereocenters. The van der Waals surface area contributed by atoms with Crippen molar-refractivity contribution in [1.29, 1.82) is 0 Å². The Bertz CT molecular complexity index is 842. The molecule has 0 unspecified atom stereocenters. The number of aryl methyl sites for hydroxylation is 1. The Morgan fingerprint density at radius 2 is 2.21 bits per heavy atom. The average Bonchev–Trinajstić information content (AvgIpc) is 3.24. The van der Waals surface area contributed by atoms with Gasteiger partial charge in [-0.05, 0) is 25.1 Å². The summed E-state index contributed by atoms with van der Waals surface area (Å²) >= 11 is 1.53. The van der Waals surface area contributed by atoms with Gasteiger partial charge < -0.3 is 10.1 Å². The van der Waals surface area contributed by atoms with Crippen LogP contribution in [-0.4, -0.2) is 40.0 Å². The first kappa shape index (κ1) is 16.1. The van der Waals surface area contributed by atoms with Crippen molar-refractivity contribution in [2.24, 2.45) is 0 Å². The molecule has 0 radical (unpaired) electrons. The van der Waals surface area contributed by atoms with Crippen molar-refractivity contribution < 1.29 is 9.53 Å². The van der Waals surface area contributed by atoms with Gasteiger partial charge in [0.1, 0.15) is 21.5 Å². The maximum absolute atomic E-state index is 12.2. The largest absolute Gasteiger partial charge is 0.497 e. The maximum atomic E-state index is 12.2. The quantitative estimate of drug-likeness (QED) is 0.716. The Kier molecular flexibility index (Phi) is 4.85. The fourth-order valence-corrected chi connectivity index (χ4v) is 2.89. The first-order chi connectivity index (χ1) is 11.7. The SMILES string of the molecule is COc1cccc(-c2cc(C(=O)NCCc3nnc(C)s3)[nH]n2)c1. The summed E-state index contributed by atoms with van der Waals surface area (Å²) in [5.74, 6) is 0.548. The summed E-state index contributed by atoms with van der Waals surface area (Å²) in [6, 6.07) is 9.25. The number of hydrogen-bond acceptors (Lipinski definition) is 6. The summed E-state index contributed by atoms with van der Waals surface area (Å²) in [5.41, 5.74) is 1.99. The van der Waals surface area contributed by atoms with E-state index in [1.54, 1.807) is 13.2 Å². The molecule has 0 fully saturated rings. The van der Waals surface area contributed by atoms with Gasteiger partial charge in [-0.3, -0.25) is 9.89 Å². The minimum Gasteiger partial charge on any atom is -0.497 e. The van der Waals surface area contributed by atoms with E-state index in [-0.39, 0.29) is 5.91 Å². The van der Waals surface area contributed by atoms with Crippen molar-refractivity contribution in [3.05, 3.63) is 46.0 Å². The van der Waals surface area contributed by atoms with Gasteiger partial charge in [-0.15, -0.1) is 21.5 Å². The summed E-state index contributed by atoms with van der Waals surface area (Å²) < 4.78 is 5.20. The number of aromatic nitrogens is 4. The van der Waals surface area contributed by atoms with Gasteiger partial charge in [-0.2, -0.15) is 5.10 Å². The normalized spacial score (nSPS) is 10.6. The molecule has 3 aromatic rings. The van der Waals surface area contributed by atoms with Gasteiger partial charge in [0.2, 0.25) is 0 Å². The number of hydrogen-bond donors (Lipinski definition) is 2. The molecule has 2 heterocycles. The predicted octanol–water partition coefficient (Wildman–Crippen LogP) is 2.22. The standard InChI is InChI=1S/C16H17N5O2S/c1-10-18-21-15(24-10)6-7-17-16(22)14-9-13(19-20-14)11-4-3-5-12(8-11)23-2/h3-5,8-9H,6-7H2,1-2H3,(H,17,22)(H,19,20). The summed E-state index contributed by atoms with van der Waals surface area (Å²) in [7, 11) is 1.61. The summed E-state index contributed by atoms with van der Waals surface area (Å²) in [5, 5.41) is 19.6. The molecule has 7 nitrogen and oxygen atoms in total. The van der Waals surface area contributed by atoms with Crippen LogP contribution in [0.25, 0.3) is 11.3 Å². The summed E-state index contributed by atoms with van der Waals surface area (Å²) in [6.45, 7) is 2.41. The van der Waals surface area contributed by atoms with E-state index in [0.717, 1.165) is 21.3 Å². The Morgan fingerprint density at radius 1 is 1.33 bits per heavy atom. The Morgan fingerprint density at radius 3 is 2.96 bits per heavy atom. The number of benzene rings is 1. The van der Waals surface area contributed by atoms with Gasteiger partial charge in [0.05, 0.1) is 12.8 Å². The second-order valence-electron chi connectivity index (χ2n) is 5.12. The number of rotatable bonds is 6. The lowest BCUT2D eigenvalue weighted by Crippen LogP contribution is -2.26. The molecule has 24 heavy (non-hydrogen) atoms. The van der Waals surface area contributed by atoms with E-state index in [9.17, 15) is 4.79 Å². The molecule has 0 aliphatic rings. The van der Waals surface area contributed by atoms with Crippen LogP contribution in [0, 0.1) is 6.92 Å². The van der Waals surface area contributed by atoms with E-state index in [1.807, 2.05) is 31.2 Å². The smallest absolute Gasteiger partial charge is 0.269 e. The number of nitrogens with one attached hydrogen (secondary N) is 2. The number of ether oxygens (including phenoxy) is 1. The molecule has 1 amide bonds. The van der Waals surface area contributed by atoms with Crippen LogP contribution in [0.15, 0.2) is 30.3 Å². The number of carbonyl (C=O) groups excluding carboxylic acids is 1. The molecule has 8 heteroatoms. The fraction of sp³-hybridized carbons (Fsp3) is 0.250. The molecule has 0 saturated carbocycles. The molecule has 0 aliphatic carbocycles. The highest BCUT2D eigenvalue weighted by atomic mass is 32.1. The molecule has 0 spiro atoms. The fourth-order valence-electron chi connectivity index (χ4n) is 2.19. The van der Waals surface area contributed by atoms with Crippen LogP contribution in [0.5, 0.6) is 5.75 Å². The third-order valence-corrected chi connectivity index (χ3v) is 4.28. The molecule has 1 aromatic carbocycles. The van der Waals surface area contributed by atoms with E-state index in [0.29, 0.717) is 24.4 Å². The van der Waals surface area contributed by atoms with Gasteiger partial charge in [0.25, 0.3) is 5.91 Å². The number of H-pyrrole nitrogens is 1. The van der Waals surface area contributed by atoms with Crippen molar-refractivity contribution in [2.45, 2.75) is 13.3 Å². The van der Waals surface area contributed by atoms with Gasteiger partial charge >= 0.3 is 0 Å². The lowest BCUT2D eigenvalue weighted by Gasteiger charge is -2.01. The van der Waals surface area contributed by atoms with Gasteiger partial charge in [-0.1, -0.05) is 12.1 Å². The molecule has 0 bridgehead atoms. The van der Waals surface area contributed by atoms with Crippen LogP contribution in [0.2, 0.25) is 0 Å². The van der Waals surface area contributed by atoms with Gasteiger partial charge in [-0.25, -0.2) is 0 Å². The van der Waals surface area contributed by atoms with Crippen LogP contribution in [0.3, 0.4) is 0 Å². The van der Waals surface area contributed by atoms with Crippen LogP contribution in [0.1, 0.15) is 20.5 Å². The molecule has 0 aliphatic heterocycles. The number of amides is 1. The van der Waals surface area contributed by atoms with Crippen molar-refractivity contribution in [1.82, 2.24) is 25.7 Å². The summed E-state index contributed by atoms with van der Waals surface area (Å²) in [4.78, 5) is 12.2. The number of methoxy groups -OCH3 is 1. The highest BCUT2D eigenvalue weighted by molar-refractivity contribution is 7.11. The van der Waals surface area contributed by atoms with Crippen LogP contribution in [0.4, 0.5) is 0 Å². The van der Waals surface area contributed by atoms with E-state index < -0.39 is 0 Å².